The van der Waals surface area contributed by atoms with Gasteiger partial charge in [0.2, 0.25) is 5.91 Å². The standard InChI is InChI=1S/C13H22N2O4/c1-2-13(6-3-7-15-13)12(18)14-8-9-4-5-10(19-9)11(16)17/h9-10,15H,2-8H2,1H3,(H,14,18)(H,16,17). The second-order valence-corrected chi connectivity index (χ2v) is 5.34. The summed E-state index contributed by atoms with van der Waals surface area (Å²) < 4.78 is 5.37. The first-order valence-electron chi connectivity index (χ1n) is 6.99. The van der Waals surface area contributed by atoms with E-state index >= 15 is 0 Å². The van der Waals surface area contributed by atoms with E-state index in [9.17, 15) is 9.59 Å². The summed E-state index contributed by atoms with van der Waals surface area (Å²) in [4.78, 5) is 23.0. The molecule has 0 aliphatic carbocycles. The molecular weight excluding hydrogens is 248 g/mol. The van der Waals surface area contributed by atoms with Crippen LogP contribution in [-0.4, -0.2) is 47.8 Å². The third kappa shape index (κ3) is 3.06. The molecular formula is C13H22N2O4. The van der Waals surface area contributed by atoms with Gasteiger partial charge < -0.3 is 20.5 Å². The lowest BCUT2D eigenvalue weighted by atomic mass is 9.93. The summed E-state index contributed by atoms with van der Waals surface area (Å²) in [6, 6.07) is 0. The molecule has 1 amide bonds. The van der Waals surface area contributed by atoms with Crippen molar-refractivity contribution in [3.8, 4) is 0 Å². The van der Waals surface area contributed by atoms with Crippen molar-refractivity contribution in [2.75, 3.05) is 13.1 Å². The highest BCUT2D eigenvalue weighted by molar-refractivity contribution is 5.86. The fourth-order valence-corrected chi connectivity index (χ4v) is 2.88. The van der Waals surface area contributed by atoms with Gasteiger partial charge in [0, 0.05) is 6.54 Å². The highest BCUT2D eigenvalue weighted by atomic mass is 16.5. The first-order chi connectivity index (χ1) is 9.07. The van der Waals surface area contributed by atoms with Crippen molar-refractivity contribution in [1.82, 2.24) is 10.6 Å². The van der Waals surface area contributed by atoms with Crippen LogP contribution in [0.15, 0.2) is 0 Å². The lowest BCUT2D eigenvalue weighted by molar-refractivity contribution is -0.149. The molecule has 2 rings (SSSR count). The first kappa shape index (κ1) is 14.3. The lowest BCUT2D eigenvalue weighted by Crippen LogP contribution is -2.54. The van der Waals surface area contributed by atoms with Gasteiger partial charge in [-0.1, -0.05) is 6.92 Å². The molecule has 0 aromatic carbocycles. The number of aliphatic carboxylic acids is 1. The Morgan fingerprint density at radius 1 is 1.47 bits per heavy atom. The van der Waals surface area contributed by atoms with Crippen molar-refractivity contribution in [3.05, 3.63) is 0 Å². The minimum absolute atomic E-state index is 0.00914. The fraction of sp³-hybridized carbons (Fsp3) is 0.846. The van der Waals surface area contributed by atoms with Crippen molar-refractivity contribution in [3.63, 3.8) is 0 Å². The van der Waals surface area contributed by atoms with Crippen molar-refractivity contribution in [2.45, 2.75) is 56.8 Å². The molecule has 6 nitrogen and oxygen atoms in total. The Bertz CT molecular complexity index is 353. The maximum atomic E-state index is 12.2. The smallest absolute Gasteiger partial charge is 0.332 e. The topological polar surface area (TPSA) is 87.7 Å². The van der Waals surface area contributed by atoms with Crippen LogP contribution in [0.3, 0.4) is 0 Å². The average Bonchev–Trinajstić information content (AvgIpc) is 3.05. The predicted molar refractivity (Wildman–Crippen MR) is 68.8 cm³/mol. The van der Waals surface area contributed by atoms with E-state index in [0.29, 0.717) is 19.4 Å². The zero-order chi connectivity index (χ0) is 13.9. The van der Waals surface area contributed by atoms with Crippen molar-refractivity contribution in [1.29, 1.82) is 0 Å². The molecule has 2 heterocycles. The number of hydrogen-bond acceptors (Lipinski definition) is 4. The van der Waals surface area contributed by atoms with Crippen LogP contribution in [0, 0.1) is 0 Å². The van der Waals surface area contributed by atoms with Gasteiger partial charge in [0.1, 0.15) is 0 Å². The summed E-state index contributed by atoms with van der Waals surface area (Å²) in [5.41, 5.74) is -0.440. The van der Waals surface area contributed by atoms with Crippen LogP contribution >= 0.6 is 0 Å². The first-order valence-corrected chi connectivity index (χ1v) is 6.99. The number of hydrogen-bond donors (Lipinski definition) is 3. The van der Waals surface area contributed by atoms with Gasteiger partial charge in [-0.15, -0.1) is 0 Å². The molecule has 0 aromatic heterocycles. The van der Waals surface area contributed by atoms with Crippen LogP contribution in [0.4, 0.5) is 0 Å². The van der Waals surface area contributed by atoms with Crippen LogP contribution in [0.1, 0.15) is 39.0 Å². The van der Waals surface area contributed by atoms with E-state index in [1.54, 1.807) is 0 Å². The molecule has 0 spiro atoms. The number of rotatable bonds is 5. The predicted octanol–water partition coefficient (Wildman–Crippen LogP) is 0.267. The Morgan fingerprint density at radius 3 is 2.79 bits per heavy atom. The third-order valence-corrected chi connectivity index (χ3v) is 4.16. The maximum Gasteiger partial charge on any atom is 0.332 e. The van der Waals surface area contributed by atoms with Crippen LogP contribution in [-0.2, 0) is 14.3 Å². The van der Waals surface area contributed by atoms with E-state index < -0.39 is 17.6 Å². The summed E-state index contributed by atoms with van der Waals surface area (Å²) in [6.07, 6.45) is 2.95. The Morgan fingerprint density at radius 2 is 2.26 bits per heavy atom. The van der Waals surface area contributed by atoms with Crippen LogP contribution in [0.5, 0.6) is 0 Å². The summed E-state index contributed by atoms with van der Waals surface area (Å²) in [7, 11) is 0. The highest BCUT2D eigenvalue weighted by Crippen LogP contribution is 2.24. The fourth-order valence-electron chi connectivity index (χ4n) is 2.88. The van der Waals surface area contributed by atoms with Gasteiger partial charge in [-0.2, -0.15) is 0 Å². The minimum Gasteiger partial charge on any atom is -0.479 e. The summed E-state index contributed by atoms with van der Waals surface area (Å²) in [5, 5.41) is 15.0. The molecule has 6 heteroatoms. The van der Waals surface area contributed by atoms with E-state index in [2.05, 4.69) is 10.6 Å². The van der Waals surface area contributed by atoms with Crippen LogP contribution in [0.25, 0.3) is 0 Å². The second-order valence-electron chi connectivity index (χ2n) is 5.34. The molecule has 2 fully saturated rings. The normalized spacial score (nSPS) is 34.4. The Hall–Kier alpha value is -1.14. The van der Waals surface area contributed by atoms with E-state index in [-0.39, 0.29) is 12.0 Å². The van der Waals surface area contributed by atoms with E-state index in [4.69, 9.17) is 9.84 Å². The number of carbonyl (C=O) groups excluding carboxylic acids is 1. The molecule has 2 aliphatic rings. The van der Waals surface area contributed by atoms with Gasteiger partial charge in [0.15, 0.2) is 6.10 Å². The van der Waals surface area contributed by atoms with Gasteiger partial charge in [0.25, 0.3) is 0 Å². The Kier molecular flexibility index (Phi) is 4.42. The number of carboxylic acid groups (broad SMARTS) is 1. The van der Waals surface area contributed by atoms with E-state index in [0.717, 1.165) is 25.8 Å². The molecule has 3 N–H and O–H groups in total. The molecule has 19 heavy (non-hydrogen) atoms. The van der Waals surface area contributed by atoms with Crippen molar-refractivity contribution < 1.29 is 19.4 Å². The number of carboxylic acids is 1. The number of nitrogens with one attached hydrogen (secondary N) is 2. The second kappa shape index (κ2) is 5.88. The van der Waals surface area contributed by atoms with Gasteiger partial charge in [-0.3, -0.25) is 4.79 Å². The number of carbonyl (C=O) groups is 2. The van der Waals surface area contributed by atoms with Crippen molar-refractivity contribution in [2.24, 2.45) is 0 Å². The average molecular weight is 270 g/mol. The minimum atomic E-state index is -0.920. The molecule has 0 saturated carbocycles. The molecule has 108 valence electrons. The van der Waals surface area contributed by atoms with Crippen molar-refractivity contribution >= 4 is 11.9 Å². The zero-order valence-electron chi connectivity index (χ0n) is 11.3. The monoisotopic (exact) mass is 270 g/mol. The number of amides is 1. The largest absolute Gasteiger partial charge is 0.479 e. The zero-order valence-corrected chi connectivity index (χ0v) is 11.3. The molecule has 3 atom stereocenters. The van der Waals surface area contributed by atoms with Gasteiger partial charge in [-0.05, 0) is 38.6 Å². The lowest BCUT2D eigenvalue weighted by Gasteiger charge is -2.27. The highest BCUT2D eigenvalue weighted by Gasteiger charge is 2.39. The Balaban J connectivity index is 1.79. The molecule has 0 aromatic rings. The van der Waals surface area contributed by atoms with Gasteiger partial charge >= 0.3 is 5.97 Å². The Labute approximate surface area is 112 Å². The molecule has 0 radical (unpaired) electrons. The summed E-state index contributed by atoms with van der Waals surface area (Å²) in [6.45, 7) is 3.28. The third-order valence-electron chi connectivity index (χ3n) is 4.16. The summed E-state index contributed by atoms with van der Waals surface area (Å²) in [5.74, 6) is -0.911. The van der Waals surface area contributed by atoms with E-state index in [1.165, 1.54) is 0 Å². The van der Waals surface area contributed by atoms with Gasteiger partial charge in [0.05, 0.1) is 11.6 Å². The molecule has 2 aliphatic heterocycles. The van der Waals surface area contributed by atoms with Crippen LogP contribution < -0.4 is 10.6 Å². The quantitative estimate of drug-likeness (QED) is 0.667. The molecule has 0 bridgehead atoms. The SMILES string of the molecule is CCC1(C(=O)NCC2CCC(C(=O)O)O2)CCCN1. The number of ether oxygens (including phenoxy) is 1. The van der Waals surface area contributed by atoms with Gasteiger partial charge in [-0.25, -0.2) is 4.79 Å². The van der Waals surface area contributed by atoms with Crippen LogP contribution in [0.2, 0.25) is 0 Å². The van der Waals surface area contributed by atoms with E-state index in [1.807, 2.05) is 6.92 Å². The molecule has 3 unspecified atom stereocenters. The molecule has 2 saturated heterocycles. The maximum absolute atomic E-state index is 12.2. The summed E-state index contributed by atoms with van der Waals surface area (Å²) >= 11 is 0.